The Morgan fingerprint density at radius 1 is 1.42 bits per heavy atom. The summed E-state index contributed by atoms with van der Waals surface area (Å²) >= 11 is 3.26. The number of aromatic nitrogens is 1. The summed E-state index contributed by atoms with van der Waals surface area (Å²) in [5.74, 6) is 0.745. The van der Waals surface area contributed by atoms with Crippen LogP contribution in [0.2, 0.25) is 0 Å². The molecule has 0 amide bonds. The summed E-state index contributed by atoms with van der Waals surface area (Å²) in [5, 5.41) is 2.81. The zero-order valence-corrected chi connectivity index (χ0v) is 13.4. The summed E-state index contributed by atoms with van der Waals surface area (Å²) in [5.41, 5.74) is 0. The highest BCUT2D eigenvalue weighted by molar-refractivity contribution is 9.10. The van der Waals surface area contributed by atoms with Gasteiger partial charge in [0.2, 0.25) is 10.0 Å². The number of anilines is 1. The van der Waals surface area contributed by atoms with Gasteiger partial charge in [-0.15, -0.1) is 0 Å². The fourth-order valence-electron chi connectivity index (χ4n) is 2.40. The molecule has 0 radical (unpaired) electrons. The van der Waals surface area contributed by atoms with Gasteiger partial charge in [-0.2, -0.15) is 0 Å². The van der Waals surface area contributed by atoms with Gasteiger partial charge in [0.25, 0.3) is 0 Å². The second-order valence-corrected chi connectivity index (χ2v) is 7.48. The minimum Gasteiger partial charge on any atom is -0.372 e. The number of halogens is 1. The lowest BCUT2D eigenvalue weighted by Crippen LogP contribution is -2.36. The number of rotatable bonds is 4. The van der Waals surface area contributed by atoms with E-state index in [1.807, 2.05) is 0 Å². The summed E-state index contributed by atoms with van der Waals surface area (Å²) < 4.78 is 28.3. The summed E-state index contributed by atoms with van der Waals surface area (Å²) in [6, 6.07) is 1.59. The van der Waals surface area contributed by atoms with Gasteiger partial charge in [-0.1, -0.05) is 13.3 Å². The molecule has 0 aliphatic heterocycles. The standard InChI is InChI=1S/C12H18BrN3O2S/c1-8-4-3-5-10(8)16-19(17,18)11-6-9(13)7-15-12(11)14-2/h6-8,10,16H,3-5H2,1-2H3,(H,14,15). The monoisotopic (exact) mass is 347 g/mol. The van der Waals surface area contributed by atoms with Crippen LogP contribution in [0.1, 0.15) is 26.2 Å². The van der Waals surface area contributed by atoms with Crippen LogP contribution in [0, 0.1) is 5.92 Å². The first-order chi connectivity index (χ1) is 8.94. The predicted octanol–water partition coefficient (Wildman–Crippen LogP) is 2.35. The molecule has 2 N–H and O–H groups in total. The van der Waals surface area contributed by atoms with Crippen LogP contribution < -0.4 is 10.0 Å². The zero-order chi connectivity index (χ0) is 14.0. The van der Waals surface area contributed by atoms with E-state index in [1.54, 1.807) is 19.3 Å². The van der Waals surface area contributed by atoms with Crippen LogP contribution in [0.25, 0.3) is 0 Å². The van der Waals surface area contributed by atoms with Crippen LogP contribution in [0.5, 0.6) is 0 Å². The Kier molecular flexibility index (Phi) is 4.47. The first kappa shape index (κ1) is 14.7. The molecule has 5 nitrogen and oxygen atoms in total. The maximum atomic E-state index is 12.5. The summed E-state index contributed by atoms with van der Waals surface area (Å²) in [4.78, 5) is 4.26. The van der Waals surface area contributed by atoms with Gasteiger partial charge < -0.3 is 5.32 Å². The molecule has 1 aromatic rings. The summed E-state index contributed by atoms with van der Waals surface area (Å²) in [7, 11) is -1.89. The zero-order valence-electron chi connectivity index (χ0n) is 11.0. The lowest BCUT2D eigenvalue weighted by molar-refractivity contribution is 0.476. The highest BCUT2D eigenvalue weighted by Crippen LogP contribution is 2.28. The third kappa shape index (κ3) is 3.27. The van der Waals surface area contributed by atoms with Crippen LogP contribution in [-0.2, 0) is 10.0 Å². The van der Waals surface area contributed by atoms with Crippen LogP contribution in [-0.4, -0.2) is 26.5 Å². The van der Waals surface area contributed by atoms with Crippen molar-refractivity contribution in [1.82, 2.24) is 9.71 Å². The molecule has 1 aromatic heterocycles. The molecule has 2 rings (SSSR count). The van der Waals surface area contributed by atoms with Crippen molar-refractivity contribution in [2.75, 3.05) is 12.4 Å². The van der Waals surface area contributed by atoms with Gasteiger partial charge in [-0.05, 0) is 40.8 Å². The van der Waals surface area contributed by atoms with Gasteiger partial charge in [-0.3, -0.25) is 0 Å². The molecular formula is C12H18BrN3O2S. The van der Waals surface area contributed by atoms with Gasteiger partial charge in [0.05, 0.1) is 0 Å². The summed E-state index contributed by atoms with van der Waals surface area (Å²) in [6.45, 7) is 2.08. The molecule has 106 valence electrons. The Morgan fingerprint density at radius 2 is 2.16 bits per heavy atom. The lowest BCUT2D eigenvalue weighted by Gasteiger charge is -2.18. The fraction of sp³-hybridized carbons (Fsp3) is 0.583. The SMILES string of the molecule is CNc1ncc(Br)cc1S(=O)(=O)NC1CCCC1C. The largest absolute Gasteiger partial charge is 0.372 e. The minimum absolute atomic E-state index is 0.0219. The van der Waals surface area contributed by atoms with E-state index in [9.17, 15) is 8.42 Å². The van der Waals surface area contributed by atoms with Crippen molar-refractivity contribution in [2.45, 2.75) is 37.1 Å². The van der Waals surface area contributed by atoms with Gasteiger partial charge >= 0.3 is 0 Å². The van der Waals surface area contributed by atoms with Crippen molar-refractivity contribution in [3.63, 3.8) is 0 Å². The van der Waals surface area contributed by atoms with E-state index in [1.165, 1.54) is 0 Å². The van der Waals surface area contributed by atoms with Gasteiger partial charge in [0, 0.05) is 23.8 Å². The van der Waals surface area contributed by atoms with Crippen LogP contribution in [0.15, 0.2) is 21.6 Å². The normalized spacial score (nSPS) is 23.5. The third-order valence-electron chi connectivity index (χ3n) is 3.51. The average molecular weight is 348 g/mol. The first-order valence-corrected chi connectivity index (χ1v) is 8.57. The van der Waals surface area contributed by atoms with E-state index >= 15 is 0 Å². The summed E-state index contributed by atoms with van der Waals surface area (Å²) in [6.07, 6.45) is 4.62. The molecule has 0 bridgehead atoms. The van der Waals surface area contributed by atoms with Crippen molar-refractivity contribution in [3.05, 3.63) is 16.7 Å². The van der Waals surface area contributed by atoms with Crippen LogP contribution in [0.4, 0.5) is 5.82 Å². The minimum atomic E-state index is -3.55. The van der Waals surface area contributed by atoms with Crippen molar-refractivity contribution in [2.24, 2.45) is 5.92 Å². The second kappa shape index (κ2) is 5.76. The van der Waals surface area contributed by atoms with E-state index in [0.29, 0.717) is 16.2 Å². The highest BCUT2D eigenvalue weighted by Gasteiger charge is 2.29. The molecule has 1 heterocycles. The maximum Gasteiger partial charge on any atom is 0.244 e. The van der Waals surface area contributed by atoms with Crippen molar-refractivity contribution in [3.8, 4) is 0 Å². The van der Waals surface area contributed by atoms with Crippen molar-refractivity contribution in [1.29, 1.82) is 0 Å². The molecule has 7 heteroatoms. The highest BCUT2D eigenvalue weighted by atomic mass is 79.9. The number of nitrogens with one attached hydrogen (secondary N) is 2. The topological polar surface area (TPSA) is 71.1 Å². The van der Waals surface area contributed by atoms with Gasteiger partial charge in [0.15, 0.2) is 0 Å². The molecule has 0 spiro atoms. The van der Waals surface area contributed by atoms with E-state index in [0.717, 1.165) is 19.3 Å². The van der Waals surface area contributed by atoms with Crippen LogP contribution >= 0.6 is 15.9 Å². The second-order valence-electron chi connectivity index (χ2n) is 4.89. The predicted molar refractivity (Wildman–Crippen MR) is 78.6 cm³/mol. The molecule has 0 saturated heterocycles. The maximum absolute atomic E-state index is 12.5. The number of nitrogens with zero attached hydrogens (tertiary/aromatic N) is 1. The van der Waals surface area contributed by atoms with E-state index < -0.39 is 10.0 Å². The molecule has 1 saturated carbocycles. The quantitative estimate of drug-likeness (QED) is 0.876. The smallest absolute Gasteiger partial charge is 0.244 e. The Bertz CT molecular complexity index is 562. The molecule has 2 unspecified atom stereocenters. The van der Waals surface area contributed by atoms with Gasteiger partial charge in [0.1, 0.15) is 10.7 Å². The average Bonchev–Trinajstić information content (AvgIpc) is 2.74. The number of pyridine rings is 1. The Morgan fingerprint density at radius 3 is 2.74 bits per heavy atom. The van der Waals surface area contributed by atoms with Crippen molar-refractivity contribution >= 4 is 31.8 Å². The molecule has 0 aromatic carbocycles. The van der Waals surface area contributed by atoms with E-state index in [4.69, 9.17) is 0 Å². The molecule has 2 atom stereocenters. The lowest BCUT2D eigenvalue weighted by atomic mass is 10.1. The Balaban J connectivity index is 2.31. The van der Waals surface area contributed by atoms with E-state index in [-0.39, 0.29) is 10.9 Å². The number of sulfonamides is 1. The molecular weight excluding hydrogens is 330 g/mol. The molecule has 1 aliphatic carbocycles. The first-order valence-electron chi connectivity index (χ1n) is 6.29. The van der Waals surface area contributed by atoms with Crippen molar-refractivity contribution < 1.29 is 8.42 Å². The molecule has 1 fully saturated rings. The Hall–Kier alpha value is -0.660. The van der Waals surface area contributed by atoms with Crippen LogP contribution in [0.3, 0.4) is 0 Å². The molecule has 19 heavy (non-hydrogen) atoms. The van der Waals surface area contributed by atoms with Gasteiger partial charge in [-0.25, -0.2) is 18.1 Å². The van der Waals surface area contributed by atoms with E-state index in [2.05, 4.69) is 37.9 Å². The number of hydrogen-bond donors (Lipinski definition) is 2. The third-order valence-corrected chi connectivity index (χ3v) is 5.45. The fourth-order valence-corrected chi connectivity index (χ4v) is 4.45. The number of hydrogen-bond acceptors (Lipinski definition) is 4. The Labute approximate surface area is 122 Å². The molecule has 1 aliphatic rings.